The van der Waals surface area contributed by atoms with E-state index in [1.807, 2.05) is 0 Å². The Hall–Kier alpha value is -1.77. The second-order valence-electron chi connectivity index (χ2n) is 5.65. The number of ether oxygens (including phenoxy) is 1. The highest BCUT2D eigenvalue weighted by atomic mass is 32.2. The van der Waals surface area contributed by atoms with Crippen molar-refractivity contribution in [3.05, 3.63) is 59.9 Å². The molecule has 0 radical (unpaired) electrons. The number of rotatable bonds is 8. The Balaban J connectivity index is 2.00. The summed E-state index contributed by atoms with van der Waals surface area (Å²) in [4.78, 5) is 16.0. The van der Waals surface area contributed by atoms with E-state index in [4.69, 9.17) is 19.1 Å². The zero-order chi connectivity index (χ0) is 19.4. The maximum absolute atomic E-state index is 12.9. The molecule has 2 rings (SSSR count). The van der Waals surface area contributed by atoms with Gasteiger partial charge in [0.1, 0.15) is 17.3 Å². The fourth-order valence-electron chi connectivity index (χ4n) is 2.37. The average molecular weight is 404 g/mol. The van der Waals surface area contributed by atoms with Gasteiger partial charge in [0.15, 0.2) is 4.99 Å². The lowest BCUT2D eigenvalue weighted by Crippen LogP contribution is -2.20. The number of hydrogen-bond acceptors (Lipinski definition) is 4. The van der Waals surface area contributed by atoms with Gasteiger partial charge in [0.25, 0.3) is 10.1 Å². The van der Waals surface area contributed by atoms with Crippen molar-refractivity contribution in [1.82, 2.24) is 0 Å². The van der Waals surface area contributed by atoms with Crippen molar-refractivity contribution in [3.63, 3.8) is 0 Å². The van der Waals surface area contributed by atoms with E-state index in [9.17, 15) is 17.4 Å². The average Bonchev–Trinajstić information content (AvgIpc) is 2.52. The second-order valence-corrected chi connectivity index (χ2v) is 9.40. The minimum atomic E-state index is -4.97. The highest BCUT2D eigenvalue weighted by Gasteiger charge is 2.38. The zero-order valence-electron chi connectivity index (χ0n) is 13.5. The molecular formula is C16H18FO7PS. The van der Waals surface area contributed by atoms with Crippen molar-refractivity contribution in [2.75, 3.05) is 0 Å². The molecule has 0 saturated carbocycles. The zero-order valence-corrected chi connectivity index (χ0v) is 15.2. The van der Waals surface area contributed by atoms with Crippen LogP contribution in [0.1, 0.15) is 18.4 Å². The number of hydrogen-bond donors (Lipinski definition) is 3. The number of aryl methyl sites for hydroxylation is 1. The minimum absolute atomic E-state index is 0.134. The second kappa shape index (κ2) is 8.28. The van der Waals surface area contributed by atoms with Gasteiger partial charge < -0.3 is 14.5 Å². The van der Waals surface area contributed by atoms with E-state index >= 15 is 0 Å². The standard InChI is InChI=1S/C16H18FO7PS/c17-13-7-9-14(10-8-13)24-15-5-1-3-12(11-15)4-2-6-16(25(18,19)20)26(21,22)23/h1,3,5,7-11,16H,2,4,6H2,(H2,18,19,20)(H,21,22,23)/t16-/m1/s1. The smallest absolute Gasteiger partial charge is 0.346 e. The van der Waals surface area contributed by atoms with Crippen molar-refractivity contribution in [2.45, 2.75) is 24.3 Å². The Labute approximate surface area is 150 Å². The van der Waals surface area contributed by atoms with Crippen molar-refractivity contribution in [1.29, 1.82) is 0 Å². The van der Waals surface area contributed by atoms with Gasteiger partial charge in [-0.25, -0.2) is 4.39 Å². The van der Waals surface area contributed by atoms with Gasteiger partial charge >= 0.3 is 7.60 Å². The van der Waals surface area contributed by atoms with Crippen LogP contribution in [0.3, 0.4) is 0 Å². The normalized spacial score (nSPS) is 13.4. The maximum Gasteiger partial charge on any atom is 0.346 e. The third kappa shape index (κ3) is 6.19. The van der Waals surface area contributed by atoms with Gasteiger partial charge in [0.05, 0.1) is 0 Å². The molecular weight excluding hydrogens is 386 g/mol. The summed E-state index contributed by atoms with van der Waals surface area (Å²) in [5.41, 5.74) is 0.754. The van der Waals surface area contributed by atoms with E-state index in [0.29, 0.717) is 17.9 Å². The van der Waals surface area contributed by atoms with Gasteiger partial charge in [0.2, 0.25) is 0 Å². The molecule has 0 aliphatic carbocycles. The lowest BCUT2D eigenvalue weighted by atomic mass is 10.1. The first-order chi connectivity index (χ1) is 12.1. The molecule has 1 atom stereocenters. The summed E-state index contributed by atoms with van der Waals surface area (Å²) in [5.74, 6) is 0.538. The van der Waals surface area contributed by atoms with Crippen molar-refractivity contribution >= 4 is 17.7 Å². The SMILES string of the molecule is O=P(O)(O)[C@@H](CCCc1cccc(Oc2ccc(F)cc2)c1)S(=O)(=O)O. The van der Waals surface area contributed by atoms with Crippen molar-refractivity contribution in [2.24, 2.45) is 0 Å². The van der Waals surface area contributed by atoms with Crippen LogP contribution in [0.25, 0.3) is 0 Å². The van der Waals surface area contributed by atoms with Gasteiger partial charge in [0, 0.05) is 0 Å². The lowest BCUT2D eigenvalue weighted by Gasteiger charge is -2.15. The molecule has 142 valence electrons. The first-order valence-corrected chi connectivity index (χ1v) is 10.8. The van der Waals surface area contributed by atoms with Crippen LogP contribution in [-0.4, -0.2) is 27.7 Å². The molecule has 0 spiro atoms. The van der Waals surface area contributed by atoms with Crippen LogP contribution in [0, 0.1) is 5.82 Å². The van der Waals surface area contributed by atoms with Crippen LogP contribution in [0.4, 0.5) is 4.39 Å². The molecule has 7 nitrogen and oxygen atoms in total. The van der Waals surface area contributed by atoms with Crippen LogP contribution in [-0.2, 0) is 21.1 Å². The van der Waals surface area contributed by atoms with E-state index in [-0.39, 0.29) is 18.7 Å². The molecule has 0 fully saturated rings. The maximum atomic E-state index is 12.9. The van der Waals surface area contributed by atoms with Crippen LogP contribution in [0.2, 0.25) is 0 Å². The largest absolute Gasteiger partial charge is 0.457 e. The van der Waals surface area contributed by atoms with Crippen LogP contribution >= 0.6 is 7.60 Å². The Morgan fingerprint density at radius 1 is 1.08 bits per heavy atom. The van der Waals surface area contributed by atoms with Crippen LogP contribution < -0.4 is 4.74 Å². The van der Waals surface area contributed by atoms with E-state index in [2.05, 4.69) is 0 Å². The number of halogens is 1. The third-order valence-electron chi connectivity index (χ3n) is 3.58. The van der Waals surface area contributed by atoms with Gasteiger partial charge in [-0.15, -0.1) is 0 Å². The molecule has 0 aromatic heterocycles. The summed E-state index contributed by atoms with van der Waals surface area (Å²) in [7, 11) is -9.82. The summed E-state index contributed by atoms with van der Waals surface area (Å²) in [5, 5.41) is 0. The molecule has 0 unspecified atom stereocenters. The molecule has 0 aliphatic rings. The van der Waals surface area contributed by atoms with Crippen molar-refractivity contribution < 1.29 is 36.4 Å². The van der Waals surface area contributed by atoms with E-state index in [1.165, 1.54) is 24.3 Å². The molecule has 10 heteroatoms. The molecule has 2 aromatic rings. The van der Waals surface area contributed by atoms with Crippen LogP contribution in [0.15, 0.2) is 48.5 Å². The van der Waals surface area contributed by atoms with E-state index in [0.717, 1.165) is 5.56 Å². The topological polar surface area (TPSA) is 121 Å². The Morgan fingerprint density at radius 3 is 2.31 bits per heavy atom. The lowest BCUT2D eigenvalue weighted by molar-refractivity contribution is 0.360. The molecule has 3 N–H and O–H groups in total. The summed E-state index contributed by atoms with van der Waals surface area (Å²) >= 11 is 0. The molecule has 0 amide bonds. The highest BCUT2D eigenvalue weighted by molar-refractivity contribution is 7.93. The molecule has 0 aliphatic heterocycles. The summed E-state index contributed by atoms with van der Waals surface area (Å²) < 4.78 is 60.9. The van der Waals surface area contributed by atoms with E-state index in [1.54, 1.807) is 24.3 Å². The Bertz CT molecular complexity index is 893. The number of benzene rings is 2. The van der Waals surface area contributed by atoms with E-state index < -0.39 is 22.7 Å². The van der Waals surface area contributed by atoms with Crippen molar-refractivity contribution in [3.8, 4) is 11.5 Å². The highest BCUT2D eigenvalue weighted by Crippen LogP contribution is 2.46. The van der Waals surface area contributed by atoms with Crippen LogP contribution in [0.5, 0.6) is 11.5 Å². The molecule has 0 bridgehead atoms. The monoisotopic (exact) mass is 404 g/mol. The first kappa shape index (κ1) is 20.5. The molecule has 26 heavy (non-hydrogen) atoms. The fourth-order valence-corrected chi connectivity index (χ4v) is 4.75. The van der Waals surface area contributed by atoms with Gasteiger partial charge in [-0.1, -0.05) is 12.1 Å². The summed E-state index contributed by atoms with van der Waals surface area (Å²) in [6.45, 7) is 0. The molecule has 0 saturated heterocycles. The van der Waals surface area contributed by atoms with Gasteiger partial charge in [-0.2, -0.15) is 8.42 Å². The Morgan fingerprint density at radius 2 is 1.73 bits per heavy atom. The quantitative estimate of drug-likeness (QED) is 0.456. The predicted molar refractivity (Wildman–Crippen MR) is 93.2 cm³/mol. The minimum Gasteiger partial charge on any atom is -0.457 e. The third-order valence-corrected chi connectivity index (χ3v) is 7.14. The molecule has 0 heterocycles. The fraction of sp³-hybridized carbons (Fsp3) is 0.250. The molecule has 2 aromatic carbocycles. The summed E-state index contributed by atoms with van der Waals surface area (Å²) in [6.07, 6.45) is 0.0777. The van der Waals surface area contributed by atoms with Gasteiger partial charge in [-0.3, -0.25) is 9.12 Å². The predicted octanol–water partition coefficient (Wildman–Crippen LogP) is 3.33. The Kier molecular flexibility index (Phi) is 6.54. The summed E-state index contributed by atoms with van der Waals surface area (Å²) in [6, 6.07) is 12.3. The first-order valence-electron chi connectivity index (χ1n) is 7.59. The van der Waals surface area contributed by atoms with Gasteiger partial charge in [-0.05, 0) is 61.2 Å².